The molecule has 0 aromatic carbocycles. The van der Waals surface area contributed by atoms with Crippen LogP contribution < -0.4 is 10.6 Å². The number of sulfone groups is 1. The maximum absolute atomic E-state index is 13.0. The number of nitrogens with one attached hydrogen (secondary N) is 2. The number of halogens is 1. The zero-order valence-corrected chi connectivity index (χ0v) is 18.7. The summed E-state index contributed by atoms with van der Waals surface area (Å²) in [7, 11) is -3.42. The first kappa shape index (κ1) is 24.7. The zero-order valence-electron chi connectivity index (χ0n) is 17.0. The fourth-order valence-electron chi connectivity index (χ4n) is 4.48. The van der Waals surface area contributed by atoms with Crippen molar-refractivity contribution >= 4 is 28.2 Å². The van der Waals surface area contributed by atoms with E-state index >= 15 is 0 Å². The molecule has 5 nitrogen and oxygen atoms in total. The topological polar surface area (TPSA) is 75.3 Å². The van der Waals surface area contributed by atoms with E-state index in [1.807, 2.05) is 13.8 Å². The molecule has 2 aliphatic carbocycles. The SMILES string of the molecule is CC(C)C(C(=O)NCCNC1CCCCCC1)S(=O)(=O)C1CCCCC1.Cl. The Labute approximate surface area is 172 Å². The molecule has 0 radical (unpaired) electrons. The molecule has 2 saturated carbocycles. The molecule has 2 N–H and O–H groups in total. The normalized spacial score (nSPS) is 21.3. The van der Waals surface area contributed by atoms with Gasteiger partial charge in [-0.05, 0) is 31.6 Å². The summed E-state index contributed by atoms with van der Waals surface area (Å²) in [5.41, 5.74) is 0. The predicted molar refractivity (Wildman–Crippen MR) is 114 cm³/mol. The third-order valence-corrected chi connectivity index (χ3v) is 8.81. The van der Waals surface area contributed by atoms with Crippen LogP contribution in [0.25, 0.3) is 0 Å². The quantitative estimate of drug-likeness (QED) is 0.462. The van der Waals surface area contributed by atoms with E-state index in [0.717, 1.165) is 19.3 Å². The van der Waals surface area contributed by atoms with Gasteiger partial charge < -0.3 is 10.6 Å². The van der Waals surface area contributed by atoms with Gasteiger partial charge in [-0.1, -0.05) is 58.8 Å². The van der Waals surface area contributed by atoms with Gasteiger partial charge in [0.2, 0.25) is 5.91 Å². The van der Waals surface area contributed by atoms with Crippen molar-refractivity contribution in [3.05, 3.63) is 0 Å². The molecule has 0 heterocycles. The van der Waals surface area contributed by atoms with Crippen LogP contribution in [0.2, 0.25) is 0 Å². The van der Waals surface area contributed by atoms with Crippen LogP contribution >= 0.6 is 12.4 Å². The second kappa shape index (κ2) is 12.3. The Kier molecular flexibility index (Phi) is 11.2. The van der Waals surface area contributed by atoms with Gasteiger partial charge in [0.15, 0.2) is 9.84 Å². The molecular weight excluding hydrogens is 384 g/mol. The van der Waals surface area contributed by atoms with Crippen LogP contribution in [0, 0.1) is 5.92 Å². The molecule has 160 valence electrons. The van der Waals surface area contributed by atoms with Crippen molar-refractivity contribution in [2.24, 2.45) is 5.92 Å². The van der Waals surface area contributed by atoms with E-state index in [-0.39, 0.29) is 29.5 Å². The van der Waals surface area contributed by atoms with E-state index in [2.05, 4.69) is 10.6 Å². The summed E-state index contributed by atoms with van der Waals surface area (Å²) in [4.78, 5) is 12.7. The summed E-state index contributed by atoms with van der Waals surface area (Å²) in [5.74, 6) is -0.509. The van der Waals surface area contributed by atoms with Gasteiger partial charge in [-0.25, -0.2) is 8.42 Å². The van der Waals surface area contributed by atoms with Crippen LogP contribution in [0.4, 0.5) is 0 Å². The van der Waals surface area contributed by atoms with Gasteiger partial charge >= 0.3 is 0 Å². The van der Waals surface area contributed by atoms with E-state index in [1.165, 1.54) is 38.5 Å². The maximum Gasteiger partial charge on any atom is 0.238 e. The lowest BCUT2D eigenvalue weighted by molar-refractivity contribution is -0.121. The molecule has 0 aromatic rings. The summed E-state index contributed by atoms with van der Waals surface area (Å²) in [5, 5.41) is 5.16. The summed E-state index contributed by atoms with van der Waals surface area (Å²) in [6.45, 7) is 4.90. The van der Waals surface area contributed by atoms with Crippen molar-refractivity contribution < 1.29 is 13.2 Å². The number of carbonyl (C=O) groups excluding carboxylic acids is 1. The van der Waals surface area contributed by atoms with E-state index in [1.54, 1.807) is 0 Å². The highest BCUT2D eigenvalue weighted by Gasteiger charge is 2.40. The van der Waals surface area contributed by atoms with E-state index in [4.69, 9.17) is 0 Å². The molecular formula is C20H39ClN2O3S. The molecule has 0 aliphatic heterocycles. The van der Waals surface area contributed by atoms with Crippen molar-refractivity contribution in [1.82, 2.24) is 10.6 Å². The molecule has 2 rings (SSSR count). The Bertz CT molecular complexity index is 525. The average Bonchev–Trinajstić information content (AvgIpc) is 2.88. The Hall–Kier alpha value is -0.330. The lowest BCUT2D eigenvalue weighted by atomic mass is 10.0. The highest BCUT2D eigenvalue weighted by atomic mass is 35.5. The third-order valence-electron chi connectivity index (χ3n) is 5.95. The first-order valence-electron chi connectivity index (χ1n) is 10.7. The van der Waals surface area contributed by atoms with Crippen LogP contribution in [-0.2, 0) is 14.6 Å². The highest BCUT2D eigenvalue weighted by molar-refractivity contribution is 7.93. The van der Waals surface area contributed by atoms with Gasteiger partial charge in [-0.2, -0.15) is 0 Å². The molecule has 1 unspecified atom stereocenters. The lowest BCUT2D eigenvalue weighted by Gasteiger charge is -2.28. The minimum Gasteiger partial charge on any atom is -0.354 e. The summed E-state index contributed by atoms with van der Waals surface area (Å²) in [6.07, 6.45) is 12.1. The molecule has 0 spiro atoms. The molecule has 1 amide bonds. The molecule has 27 heavy (non-hydrogen) atoms. The van der Waals surface area contributed by atoms with Gasteiger partial charge in [-0.15, -0.1) is 12.4 Å². The van der Waals surface area contributed by atoms with E-state index < -0.39 is 15.1 Å². The fourth-order valence-corrected chi connectivity index (χ4v) is 7.02. The Balaban J connectivity index is 0.00000364. The van der Waals surface area contributed by atoms with Crippen molar-refractivity contribution in [2.75, 3.05) is 13.1 Å². The van der Waals surface area contributed by atoms with Crippen molar-refractivity contribution in [2.45, 2.75) is 101 Å². The Morgan fingerprint density at radius 1 is 0.889 bits per heavy atom. The third kappa shape index (κ3) is 7.54. The summed E-state index contributed by atoms with van der Waals surface area (Å²) < 4.78 is 26.0. The van der Waals surface area contributed by atoms with Gasteiger partial charge in [0, 0.05) is 19.1 Å². The number of hydrogen-bond donors (Lipinski definition) is 2. The van der Waals surface area contributed by atoms with Crippen molar-refractivity contribution in [1.29, 1.82) is 0 Å². The predicted octanol–water partition coefficient (Wildman–Crippen LogP) is 3.61. The largest absolute Gasteiger partial charge is 0.354 e. The van der Waals surface area contributed by atoms with Crippen molar-refractivity contribution in [3.63, 3.8) is 0 Å². The summed E-state index contributed by atoms with van der Waals surface area (Å²) in [6, 6.07) is 0.543. The van der Waals surface area contributed by atoms with Crippen LogP contribution in [-0.4, -0.2) is 44.0 Å². The van der Waals surface area contributed by atoms with E-state index in [9.17, 15) is 13.2 Å². The van der Waals surface area contributed by atoms with Crippen LogP contribution in [0.15, 0.2) is 0 Å². The van der Waals surface area contributed by atoms with Gasteiger partial charge in [-0.3, -0.25) is 4.79 Å². The second-order valence-electron chi connectivity index (χ2n) is 8.45. The monoisotopic (exact) mass is 422 g/mol. The first-order chi connectivity index (χ1) is 12.4. The summed E-state index contributed by atoms with van der Waals surface area (Å²) >= 11 is 0. The number of carbonyl (C=O) groups is 1. The molecule has 2 fully saturated rings. The Morgan fingerprint density at radius 3 is 1.96 bits per heavy atom. The zero-order chi connectivity index (χ0) is 19.0. The fraction of sp³-hybridized carbons (Fsp3) is 0.950. The molecule has 0 bridgehead atoms. The van der Waals surface area contributed by atoms with Gasteiger partial charge in [0.25, 0.3) is 0 Å². The Morgan fingerprint density at radius 2 is 1.41 bits per heavy atom. The lowest BCUT2D eigenvalue weighted by Crippen LogP contribution is -2.48. The number of amides is 1. The maximum atomic E-state index is 13.0. The van der Waals surface area contributed by atoms with Crippen LogP contribution in [0.5, 0.6) is 0 Å². The highest BCUT2D eigenvalue weighted by Crippen LogP contribution is 2.29. The average molecular weight is 423 g/mol. The molecule has 2 aliphatic rings. The number of rotatable bonds is 8. The standard InChI is InChI=1S/C20H38N2O3S.ClH/c1-16(2)19(26(24,25)18-12-8-5-9-13-18)20(23)22-15-14-21-17-10-6-3-4-7-11-17;/h16-19,21H,3-15H2,1-2H3,(H,22,23);1H. The van der Waals surface area contributed by atoms with Crippen molar-refractivity contribution in [3.8, 4) is 0 Å². The molecule has 7 heteroatoms. The molecule has 0 saturated heterocycles. The second-order valence-corrected chi connectivity index (χ2v) is 10.8. The van der Waals surface area contributed by atoms with Crippen LogP contribution in [0.3, 0.4) is 0 Å². The minimum absolute atomic E-state index is 0. The van der Waals surface area contributed by atoms with Crippen LogP contribution in [0.1, 0.15) is 84.5 Å². The van der Waals surface area contributed by atoms with Gasteiger partial charge in [0.05, 0.1) is 5.25 Å². The van der Waals surface area contributed by atoms with Gasteiger partial charge in [0.1, 0.15) is 5.25 Å². The molecule has 0 aromatic heterocycles. The van der Waals surface area contributed by atoms with E-state index in [0.29, 0.717) is 32.0 Å². The number of hydrogen-bond acceptors (Lipinski definition) is 4. The first-order valence-corrected chi connectivity index (χ1v) is 12.3. The molecule has 1 atom stereocenters. The minimum atomic E-state index is -3.42. The smallest absolute Gasteiger partial charge is 0.238 e.